The number of aromatic nitrogens is 2. The van der Waals surface area contributed by atoms with Crippen molar-refractivity contribution in [3.8, 4) is 11.3 Å². The monoisotopic (exact) mass is 536 g/mol. The number of carbonyl (C=O) groups is 1. The third-order valence-corrected chi connectivity index (χ3v) is 7.94. The van der Waals surface area contributed by atoms with Crippen molar-refractivity contribution in [3.63, 3.8) is 0 Å². The number of hydrogen-bond acceptors (Lipinski definition) is 3. The van der Waals surface area contributed by atoms with E-state index in [1.807, 2.05) is 41.0 Å². The molecule has 0 unspecified atom stereocenters. The highest BCUT2D eigenvalue weighted by atomic mass is 35.5. The van der Waals surface area contributed by atoms with Gasteiger partial charge in [-0.15, -0.1) is 0 Å². The molecule has 1 amide bonds. The summed E-state index contributed by atoms with van der Waals surface area (Å²) in [6.07, 6.45) is 9.97. The summed E-state index contributed by atoms with van der Waals surface area (Å²) in [6, 6.07) is 11.9. The molecule has 0 bridgehead atoms. The van der Waals surface area contributed by atoms with Crippen LogP contribution in [0, 0.1) is 11.8 Å². The first kappa shape index (κ1) is 28.6. The van der Waals surface area contributed by atoms with Crippen molar-refractivity contribution in [2.24, 2.45) is 11.8 Å². The number of nitrogens with zero attached hydrogens (tertiary/aromatic N) is 4. The quantitative estimate of drug-likeness (QED) is 0.239. The van der Waals surface area contributed by atoms with E-state index in [1.165, 1.54) is 37.9 Å². The van der Waals surface area contributed by atoms with Crippen LogP contribution in [0.3, 0.4) is 0 Å². The molecule has 38 heavy (non-hydrogen) atoms. The molecule has 6 heteroatoms. The minimum absolute atomic E-state index is 0.127. The highest BCUT2D eigenvalue weighted by Gasteiger charge is 2.21. The third kappa shape index (κ3) is 7.60. The highest BCUT2D eigenvalue weighted by Crippen LogP contribution is 2.29. The number of fused-ring (bicyclic) bond motifs is 1. The van der Waals surface area contributed by atoms with Crippen molar-refractivity contribution in [3.05, 3.63) is 58.7 Å². The molecule has 0 spiro atoms. The van der Waals surface area contributed by atoms with Gasteiger partial charge in [-0.25, -0.2) is 4.52 Å². The van der Waals surface area contributed by atoms with Crippen molar-refractivity contribution in [1.29, 1.82) is 0 Å². The van der Waals surface area contributed by atoms with Crippen LogP contribution in [0.5, 0.6) is 0 Å². The van der Waals surface area contributed by atoms with Gasteiger partial charge in [-0.05, 0) is 94.3 Å². The molecule has 1 aromatic carbocycles. The fourth-order valence-corrected chi connectivity index (χ4v) is 5.43. The standard InChI is InChI=1S/C32H45ClN4O/c1-24(2)14-20-36(21-15-25(3)4)32(38)27-16-22-37-30(23-27)29(9-8-19-35-17-6-5-7-18-35)31(34-37)26-10-12-28(33)13-11-26/h10-13,16,22-25H,5-9,14-15,17-21H2,1-4H3. The molecule has 3 aromatic rings. The normalized spacial score (nSPS) is 14.6. The van der Waals surface area contributed by atoms with E-state index in [9.17, 15) is 4.79 Å². The molecule has 1 aliphatic heterocycles. The van der Waals surface area contributed by atoms with Gasteiger partial charge in [0.05, 0.1) is 11.2 Å². The Labute approximate surface area is 234 Å². The van der Waals surface area contributed by atoms with Crippen LogP contribution in [0.1, 0.15) is 82.1 Å². The molecule has 5 nitrogen and oxygen atoms in total. The van der Waals surface area contributed by atoms with Crippen molar-refractivity contribution >= 4 is 23.0 Å². The number of piperidine rings is 1. The van der Waals surface area contributed by atoms with Crippen LogP contribution in [0.15, 0.2) is 42.6 Å². The van der Waals surface area contributed by atoms with Gasteiger partial charge in [0, 0.05) is 41.0 Å². The van der Waals surface area contributed by atoms with Gasteiger partial charge >= 0.3 is 0 Å². The summed E-state index contributed by atoms with van der Waals surface area (Å²) in [4.78, 5) is 18.4. The van der Waals surface area contributed by atoms with Crippen LogP contribution >= 0.6 is 11.6 Å². The zero-order valence-corrected chi connectivity index (χ0v) is 24.5. The Bertz CT molecular complexity index is 1170. The molecule has 3 heterocycles. The van der Waals surface area contributed by atoms with Crippen LogP contribution < -0.4 is 0 Å². The van der Waals surface area contributed by atoms with Gasteiger partial charge in [-0.1, -0.05) is 57.8 Å². The van der Waals surface area contributed by atoms with E-state index >= 15 is 0 Å². The van der Waals surface area contributed by atoms with E-state index in [0.29, 0.717) is 11.8 Å². The van der Waals surface area contributed by atoms with Crippen LogP contribution in [0.2, 0.25) is 5.02 Å². The number of hydrogen-bond donors (Lipinski definition) is 0. The summed E-state index contributed by atoms with van der Waals surface area (Å²) < 4.78 is 1.95. The Kier molecular flexibility index (Phi) is 10.3. The van der Waals surface area contributed by atoms with Crippen molar-refractivity contribution in [2.45, 2.75) is 72.6 Å². The minimum atomic E-state index is 0.127. The number of halogens is 1. The van der Waals surface area contributed by atoms with E-state index in [0.717, 1.165) is 72.7 Å². The molecule has 4 rings (SSSR count). The first-order chi connectivity index (χ1) is 18.3. The van der Waals surface area contributed by atoms with Crippen LogP contribution in [-0.2, 0) is 6.42 Å². The van der Waals surface area contributed by atoms with E-state index < -0.39 is 0 Å². The second-order valence-corrected chi connectivity index (χ2v) is 12.2. The van der Waals surface area contributed by atoms with Gasteiger partial charge < -0.3 is 9.80 Å². The maximum atomic E-state index is 13.7. The largest absolute Gasteiger partial charge is 0.339 e. The number of pyridine rings is 1. The highest BCUT2D eigenvalue weighted by molar-refractivity contribution is 6.30. The smallest absolute Gasteiger partial charge is 0.253 e. The lowest BCUT2D eigenvalue weighted by Crippen LogP contribution is -2.34. The molecule has 2 aromatic heterocycles. The van der Waals surface area contributed by atoms with Crippen molar-refractivity contribution < 1.29 is 4.79 Å². The maximum absolute atomic E-state index is 13.7. The Morgan fingerprint density at radius 1 is 0.974 bits per heavy atom. The zero-order valence-electron chi connectivity index (χ0n) is 23.8. The summed E-state index contributed by atoms with van der Waals surface area (Å²) in [5.74, 6) is 1.26. The number of carbonyl (C=O) groups excluding carboxylic acids is 1. The predicted octanol–water partition coefficient (Wildman–Crippen LogP) is 7.61. The number of aryl methyl sites for hydroxylation is 1. The van der Waals surface area contributed by atoms with Gasteiger partial charge in [-0.3, -0.25) is 4.79 Å². The van der Waals surface area contributed by atoms with Gasteiger partial charge in [0.15, 0.2) is 0 Å². The van der Waals surface area contributed by atoms with Gasteiger partial charge in [0.25, 0.3) is 5.91 Å². The molecule has 1 fully saturated rings. The Balaban J connectivity index is 1.64. The van der Waals surface area contributed by atoms with E-state index in [4.69, 9.17) is 16.7 Å². The number of benzene rings is 1. The fraction of sp³-hybridized carbons (Fsp3) is 0.562. The molecule has 206 valence electrons. The van der Waals surface area contributed by atoms with Gasteiger partial charge in [-0.2, -0.15) is 5.10 Å². The first-order valence-electron chi connectivity index (χ1n) is 14.6. The molecule has 0 aliphatic carbocycles. The molecular weight excluding hydrogens is 492 g/mol. The number of amides is 1. The second kappa shape index (κ2) is 13.6. The third-order valence-electron chi connectivity index (χ3n) is 7.69. The van der Waals surface area contributed by atoms with Gasteiger partial charge in [0.1, 0.15) is 0 Å². The Hall–Kier alpha value is -2.37. The molecule has 0 saturated carbocycles. The first-order valence-corrected chi connectivity index (χ1v) is 15.0. The van der Waals surface area contributed by atoms with Crippen LogP contribution in [-0.4, -0.2) is 58.0 Å². The fourth-order valence-electron chi connectivity index (χ4n) is 5.30. The lowest BCUT2D eigenvalue weighted by atomic mass is 10.0. The average Bonchev–Trinajstić information content (AvgIpc) is 3.27. The van der Waals surface area contributed by atoms with Crippen LogP contribution in [0.25, 0.3) is 16.8 Å². The molecular formula is C32H45ClN4O. The van der Waals surface area contributed by atoms with Crippen molar-refractivity contribution in [2.75, 3.05) is 32.7 Å². The summed E-state index contributed by atoms with van der Waals surface area (Å²) in [6.45, 7) is 14.0. The van der Waals surface area contributed by atoms with E-state index in [1.54, 1.807) is 0 Å². The summed E-state index contributed by atoms with van der Waals surface area (Å²) in [5, 5.41) is 5.70. The summed E-state index contributed by atoms with van der Waals surface area (Å²) >= 11 is 6.19. The topological polar surface area (TPSA) is 40.9 Å². The molecule has 0 radical (unpaired) electrons. The lowest BCUT2D eigenvalue weighted by molar-refractivity contribution is 0.0741. The predicted molar refractivity (Wildman–Crippen MR) is 159 cm³/mol. The van der Waals surface area contributed by atoms with E-state index in [2.05, 4.69) is 43.6 Å². The van der Waals surface area contributed by atoms with Crippen LogP contribution in [0.4, 0.5) is 0 Å². The maximum Gasteiger partial charge on any atom is 0.253 e. The second-order valence-electron chi connectivity index (χ2n) is 11.7. The zero-order chi connectivity index (χ0) is 27.1. The number of rotatable bonds is 12. The van der Waals surface area contributed by atoms with E-state index in [-0.39, 0.29) is 5.91 Å². The molecule has 0 N–H and O–H groups in total. The Morgan fingerprint density at radius 3 is 2.26 bits per heavy atom. The average molecular weight is 537 g/mol. The van der Waals surface area contributed by atoms with Crippen molar-refractivity contribution in [1.82, 2.24) is 19.4 Å². The Morgan fingerprint density at radius 2 is 1.63 bits per heavy atom. The number of likely N-dealkylation sites (tertiary alicyclic amines) is 1. The SMILES string of the molecule is CC(C)CCN(CCC(C)C)C(=O)c1ccn2nc(-c3ccc(Cl)cc3)c(CCCN3CCCCC3)c2c1. The molecule has 1 aliphatic rings. The molecule has 1 saturated heterocycles. The van der Waals surface area contributed by atoms with Gasteiger partial charge in [0.2, 0.25) is 0 Å². The summed E-state index contributed by atoms with van der Waals surface area (Å²) in [7, 11) is 0. The minimum Gasteiger partial charge on any atom is -0.339 e. The lowest BCUT2D eigenvalue weighted by Gasteiger charge is -2.26. The molecule has 0 atom stereocenters. The summed E-state index contributed by atoms with van der Waals surface area (Å²) in [5.41, 5.74) is 5.06.